The van der Waals surface area contributed by atoms with Crippen LogP contribution in [-0.2, 0) is 11.5 Å². The van der Waals surface area contributed by atoms with Gasteiger partial charge in [0.05, 0.1) is 18.4 Å². The van der Waals surface area contributed by atoms with E-state index in [4.69, 9.17) is 9.72 Å². The number of benzene rings is 1. The van der Waals surface area contributed by atoms with Gasteiger partial charge in [-0.25, -0.2) is 9.97 Å². The summed E-state index contributed by atoms with van der Waals surface area (Å²) < 4.78 is 6.41. The highest BCUT2D eigenvalue weighted by Gasteiger charge is 2.21. The molecule has 1 aliphatic heterocycles. The van der Waals surface area contributed by atoms with Crippen molar-refractivity contribution < 1.29 is 4.74 Å². The maximum atomic E-state index is 5.42. The molecule has 0 saturated heterocycles. The van der Waals surface area contributed by atoms with Crippen LogP contribution in [0.15, 0.2) is 22.7 Å². The molecule has 3 rings (SSSR count). The van der Waals surface area contributed by atoms with E-state index in [1.54, 1.807) is 7.11 Å². The van der Waals surface area contributed by atoms with E-state index in [1.807, 2.05) is 37.0 Å². The van der Waals surface area contributed by atoms with Gasteiger partial charge in [0.25, 0.3) is 0 Å². The fraction of sp³-hybridized carbons (Fsp3) is 0.286. The van der Waals surface area contributed by atoms with Gasteiger partial charge < -0.3 is 10.1 Å². The highest BCUT2D eigenvalue weighted by Crippen LogP contribution is 2.37. The molecule has 0 atom stereocenters. The highest BCUT2D eigenvalue weighted by molar-refractivity contribution is 9.10. The van der Waals surface area contributed by atoms with Crippen LogP contribution in [0.25, 0.3) is 11.4 Å². The molecule has 20 heavy (non-hydrogen) atoms. The van der Waals surface area contributed by atoms with E-state index in [9.17, 15) is 0 Å². The maximum absolute atomic E-state index is 5.42. The lowest BCUT2D eigenvalue weighted by Crippen LogP contribution is -2.04. The summed E-state index contributed by atoms with van der Waals surface area (Å²) in [4.78, 5) is 9.36. The van der Waals surface area contributed by atoms with E-state index in [0.717, 1.165) is 38.8 Å². The quantitative estimate of drug-likeness (QED) is 0.913. The average molecular weight is 352 g/mol. The van der Waals surface area contributed by atoms with Crippen molar-refractivity contribution in [2.24, 2.45) is 0 Å². The van der Waals surface area contributed by atoms with E-state index in [-0.39, 0.29) is 0 Å². The zero-order valence-corrected chi connectivity index (χ0v) is 13.6. The molecule has 4 nitrogen and oxygen atoms in total. The Morgan fingerprint density at radius 1 is 1.30 bits per heavy atom. The van der Waals surface area contributed by atoms with Crippen LogP contribution in [0.1, 0.15) is 11.3 Å². The molecule has 0 unspecified atom stereocenters. The van der Waals surface area contributed by atoms with Crippen molar-refractivity contribution in [1.82, 2.24) is 9.97 Å². The first-order chi connectivity index (χ1) is 9.72. The molecule has 1 aromatic carbocycles. The first kappa shape index (κ1) is 13.7. The number of hydrogen-bond donors (Lipinski definition) is 1. The van der Waals surface area contributed by atoms with Gasteiger partial charge in [-0.1, -0.05) is 15.9 Å². The first-order valence-electron chi connectivity index (χ1n) is 6.22. The summed E-state index contributed by atoms with van der Waals surface area (Å²) in [5.41, 5.74) is 3.24. The molecule has 0 spiro atoms. The summed E-state index contributed by atoms with van der Waals surface area (Å²) in [5.74, 6) is 4.31. The Morgan fingerprint density at radius 2 is 2.15 bits per heavy atom. The lowest BCUT2D eigenvalue weighted by molar-refractivity contribution is 0.416. The molecule has 104 valence electrons. The van der Waals surface area contributed by atoms with Gasteiger partial charge in [0, 0.05) is 28.6 Å². The van der Waals surface area contributed by atoms with Gasteiger partial charge >= 0.3 is 0 Å². The maximum Gasteiger partial charge on any atom is 0.165 e. The molecule has 1 aliphatic rings. The van der Waals surface area contributed by atoms with Gasteiger partial charge in [0.1, 0.15) is 11.6 Å². The molecule has 0 aliphatic carbocycles. The van der Waals surface area contributed by atoms with Crippen LogP contribution in [0.5, 0.6) is 5.75 Å². The fourth-order valence-corrected chi connectivity index (χ4v) is 3.64. The van der Waals surface area contributed by atoms with E-state index in [0.29, 0.717) is 5.82 Å². The van der Waals surface area contributed by atoms with Gasteiger partial charge in [-0.05, 0) is 18.2 Å². The number of anilines is 1. The number of hydrogen-bond acceptors (Lipinski definition) is 5. The van der Waals surface area contributed by atoms with Crippen molar-refractivity contribution in [3.63, 3.8) is 0 Å². The van der Waals surface area contributed by atoms with Crippen LogP contribution in [-0.4, -0.2) is 24.1 Å². The van der Waals surface area contributed by atoms with Gasteiger partial charge in [0.15, 0.2) is 5.82 Å². The predicted octanol–water partition coefficient (Wildman–Crippen LogP) is 3.70. The minimum Gasteiger partial charge on any atom is -0.496 e. The highest BCUT2D eigenvalue weighted by atomic mass is 79.9. The second-order valence-electron chi connectivity index (χ2n) is 4.41. The van der Waals surface area contributed by atoms with Crippen molar-refractivity contribution in [3.05, 3.63) is 33.9 Å². The molecule has 0 amide bonds. The lowest BCUT2D eigenvalue weighted by atomic mass is 10.1. The number of nitrogens with zero attached hydrogens (tertiary/aromatic N) is 2. The molecule has 2 heterocycles. The Bertz CT molecular complexity index is 663. The minimum atomic E-state index is 0.703. The second kappa shape index (κ2) is 5.61. The van der Waals surface area contributed by atoms with Crippen LogP contribution in [0, 0.1) is 0 Å². The average Bonchev–Trinajstić information content (AvgIpc) is 2.94. The summed E-state index contributed by atoms with van der Waals surface area (Å²) in [5, 5.41) is 3.17. The van der Waals surface area contributed by atoms with Crippen molar-refractivity contribution in [1.29, 1.82) is 0 Å². The molecule has 2 aromatic rings. The zero-order valence-electron chi connectivity index (χ0n) is 11.2. The van der Waals surface area contributed by atoms with Gasteiger partial charge in [-0.3, -0.25) is 0 Å². The molecule has 1 aromatic heterocycles. The largest absolute Gasteiger partial charge is 0.496 e. The SMILES string of the molecule is CNc1nc(-c2cc(Br)ccc2OC)nc2c1CSC2. The summed E-state index contributed by atoms with van der Waals surface area (Å²) in [6.45, 7) is 0. The Morgan fingerprint density at radius 3 is 2.90 bits per heavy atom. The lowest BCUT2D eigenvalue weighted by Gasteiger charge is -2.12. The standard InChI is InChI=1S/C14H14BrN3OS/c1-16-13-10-6-20-7-11(10)17-14(18-13)9-5-8(15)3-4-12(9)19-2/h3-5H,6-7H2,1-2H3,(H,16,17,18). The second-order valence-corrected chi connectivity index (χ2v) is 6.31. The Kier molecular flexibility index (Phi) is 3.85. The van der Waals surface area contributed by atoms with E-state index < -0.39 is 0 Å². The number of halogens is 1. The van der Waals surface area contributed by atoms with Crippen LogP contribution in [0.2, 0.25) is 0 Å². The predicted molar refractivity (Wildman–Crippen MR) is 86.3 cm³/mol. The molecule has 1 N–H and O–H groups in total. The Hall–Kier alpha value is -1.27. The van der Waals surface area contributed by atoms with Crippen molar-refractivity contribution in [2.75, 3.05) is 19.5 Å². The monoisotopic (exact) mass is 351 g/mol. The van der Waals surface area contributed by atoms with E-state index in [2.05, 4.69) is 26.2 Å². The molecule has 0 saturated carbocycles. The molecule has 0 fully saturated rings. The smallest absolute Gasteiger partial charge is 0.165 e. The van der Waals surface area contributed by atoms with Gasteiger partial charge in [-0.15, -0.1) is 0 Å². The summed E-state index contributed by atoms with van der Waals surface area (Å²) >= 11 is 5.36. The fourth-order valence-electron chi connectivity index (χ4n) is 2.23. The molecule has 0 bridgehead atoms. The number of aromatic nitrogens is 2. The summed E-state index contributed by atoms with van der Waals surface area (Å²) in [7, 11) is 3.56. The van der Waals surface area contributed by atoms with Gasteiger partial charge in [-0.2, -0.15) is 11.8 Å². The minimum absolute atomic E-state index is 0.703. The van der Waals surface area contributed by atoms with E-state index >= 15 is 0 Å². The van der Waals surface area contributed by atoms with Crippen molar-refractivity contribution in [2.45, 2.75) is 11.5 Å². The summed E-state index contributed by atoms with van der Waals surface area (Å²) in [6.07, 6.45) is 0. The molecular formula is C14H14BrN3OS. The number of thioether (sulfide) groups is 1. The third-order valence-corrected chi connectivity index (χ3v) is 4.68. The Labute approximate surface area is 130 Å². The Balaban J connectivity index is 2.18. The van der Waals surface area contributed by atoms with Crippen LogP contribution >= 0.6 is 27.7 Å². The summed E-state index contributed by atoms with van der Waals surface area (Å²) in [6, 6.07) is 5.86. The van der Waals surface area contributed by atoms with Gasteiger partial charge in [0.2, 0.25) is 0 Å². The van der Waals surface area contributed by atoms with Crippen molar-refractivity contribution >= 4 is 33.5 Å². The third kappa shape index (κ3) is 2.38. The molecule has 0 radical (unpaired) electrons. The van der Waals surface area contributed by atoms with Crippen LogP contribution in [0.3, 0.4) is 0 Å². The number of methoxy groups -OCH3 is 1. The molecule has 6 heteroatoms. The third-order valence-electron chi connectivity index (χ3n) is 3.22. The normalized spacial score (nSPS) is 13.2. The topological polar surface area (TPSA) is 47.0 Å². The van der Waals surface area contributed by atoms with E-state index in [1.165, 1.54) is 5.56 Å². The zero-order chi connectivity index (χ0) is 14.1. The first-order valence-corrected chi connectivity index (χ1v) is 8.17. The van der Waals surface area contributed by atoms with Crippen LogP contribution < -0.4 is 10.1 Å². The number of ether oxygens (including phenoxy) is 1. The van der Waals surface area contributed by atoms with Crippen molar-refractivity contribution in [3.8, 4) is 17.1 Å². The van der Waals surface area contributed by atoms with Crippen LogP contribution in [0.4, 0.5) is 5.82 Å². The molecular weight excluding hydrogens is 338 g/mol. The number of fused-ring (bicyclic) bond motifs is 1. The number of nitrogens with one attached hydrogen (secondary N) is 1. The number of rotatable bonds is 3.